The Labute approximate surface area is 530 Å². The van der Waals surface area contributed by atoms with E-state index in [1.165, 1.54) is 15.2 Å². The van der Waals surface area contributed by atoms with Crippen molar-refractivity contribution in [2.75, 3.05) is 4.90 Å². The van der Waals surface area contributed by atoms with E-state index < -0.39 is 47.0 Å². The minimum absolute atomic E-state index is 0.0109. The van der Waals surface area contributed by atoms with Gasteiger partial charge in [-0.05, 0) is 157 Å². The van der Waals surface area contributed by atoms with Gasteiger partial charge in [0.15, 0.2) is 0 Å². The fraction of sp³-hybridized carbons (Fsp3) is 0.0519. The van der Waals surface area contributed by atoms with Gasteiger partial charge in [0.2, 0.25) is 0 Å². The van der Waals surface area contributed by atoms with Crippen molar-refractivity contribution in [3.63, 3.8) is 0 Å². The van der Waals surface area contributed by atoms with E-state index in [-0.39, 0.29) is 71.8 Å². The van der Waals surface area contributed by atoms with Crippen LogP contribution in [0.2, 0.25) is 0 Å². The molecule has 0 saturated carbocycles. The van der Waals surface area contributed by atoms with Crippen molar-refractivity contribution in [2.45, 2.75) is 24.7 Å². The molecule has 0 fully saturated rings. The highest BCUT2D eigenvalue weighted by atomic mass is 19.4. The molecule has 4 heterocycles. The number of nitriles is 1. The molecule has 0 N–H and O–H groups in total. The molecule has 16 aromatic rings. The van der Waals surface area contributed by atoms with Gasteiger partial charge in [0.25, 0.3) is 0 Å². The summed E-state index contributed by atoms with van der Waals surface area (Å²) in [5, 5.41) is 15.0. The van der Waals surface area contributed by atoms with E-state index in [4.69, 9.17) is 0 Å². The Morgan fingerprint density at radius 3 is 0.926 bits per heavy atom. The standard InChI is InChI=1S/C77H42F12N6/c78-74(79,80)46-22-34-66-58(39-46)59-40-47(75(81,82)83)23-35-67(59)94(66)70-38-45(43-90)72(73(71(70)44-12-2-1-3-13-44)95-68-36-24-48(76(84,85)86)41-60(68)61-42-49(77(87,88)89)25-37-69(61)95)91(50-26-30-52(31-27-50)92-62-18-8-4-14-54(62)55-15-5-9-19-63(55)92)51-28-32-53(33-29-51)93-64-20-10-6-16-56(64)57-17-7-11-21-65(57)93/h1-42H. The highest BCUT2D eigenvalue weighted by molar-refractivity contribution is 6.15. The minimum Gasteiger partial charge on any atom is -0.309 e. The molecule has 0 bridgehead atoms. The minimum atomic E-state index is -5.00. The van der Waals surface area contributed by atoms with E-state index in [1.54, 1.807) is 35.2 Å². The van der Waals surface area contributed by atoms with Crippen molar-refractivity contribution in [1.82, 2.24) is 18.3 Å². The first kappa shape index (κ1) is 58.4. The third kappa shape index (κ3) is 9.34. The Balaban J connectivity index is 1.07. The highest BCUT2D eigenvalue weighted by Gasteiger charge is 2.38. The molecule has 6 nitrogen and oxygen atoms in total. The second kappa shape index (κ2) is 21.2. The lowest BCUT2D eigenvalue weighted by Crippen LogP contribution is -2.17. The fourth-order valence-electron chi connectivity index (χ4n) is 13.8. The Kier molecular flexibility index (Phi) is 13.0. The van der Waals surface area contributed by atoms with Crippen LogP contribution < -0.4 is 4.90 Å². The summed E-state index contributed by atoms with van der Waals surface area (Å²) < 4.78 is 186. The molecule has 0 saturated heterocycles. The van der Waals surface area contributed by atoms with Crippen molar-refractivity contribution in [3.8, 4) is 39.9 Å². The first-order valence-corrected chi connectivity index (χ1v) is 29.7. The van der Waals surface area contributed by atoms with Crippen molar-refractivity contribution >= 4 is 104 Å². The number of benzene rings is 12. The Morgan fingerprint density at radius 1 is 0.295 bits per heavy atom. The predicted molar refractivity (Wildman–Crippen MR) is 349 cm³/mol. The number of aromatic nitrogens is 4. The highest BCUT2D eigenvalue weighted by Crippen LogP contribution is 2.53. The van der Waals surface area contributed by atoms with Gasteiger partial charge in [-0.1, -0.05) is 103 Å². The van der Waals surface area contributed by atoms with Crippen molar-refractivity contribution in [3.05, 3.63) is 283 Å². The number of anilines is 3. The van der Waals surface area contributed by atoms with E-state index in [1.807, 2.05) is 146 Å². The molecule has 0 aliphatic carbocycles. The molecule has 0 aliphatic heterocycles. The lowest BCUT2D eigenvalue weighted by atomic mass is 9.94. The van der Waals surface area contributed by atoms with Crippen LogP contribution in [0.1, 0.15) is 27.8 Å². The van der Waals surface area contributed by atoms with E-state index in [2.05, 4.69) is 15.2 Å². The van der Waals surface area contributed by atoms with Crippen LogP contribution in [-0.4, -0.2) is 18.3 Å². The van der Waals surface area contributed by atoms with Crippen LogP contribution in [0.15, 0.2) is 255 Å². The molecule has 16 rings (SSSR count). The molecule has 464 valence electrons. The number of hydrogen-bond donors (Lipinski definition) is 0. The second-order valence-corrected chi connectivity index (χ2v) is 23.2. The summed E-state index contributed by atoms with van der Waals surface area (Å²) in [7, 11) is 0. The Hall–Kier alpha value is -11.7. The maximum absolute atomic E-state index is 15.1. The molecule has 95 heavy (non-hydrogen) atoms. The summed E-state index contributed by atoms with van der Waals surface area (Å²) >= 11 is 0. The number of alkyl halides is 12. The van der Waals surface area contributed by atoms with E-state index >= 15 is 26.3 Å². The molecular formula is C77H42F12N6. The average Bonchev–Trinajstić information content (AvgIpc) is 1.63. The van der Waals surface area contributed by atoms with Crippen molar-refractivity contribution in [1.29, 1.82) is 5.26 Å². The number of fused-ring (bicyclic) bond motifs is 12. The maximum Gasteiger partial charge on any atom is 0.416 e. The van der Waals surface area contributed by atoms with Crippen LogP contribution in [0.4, 0.5) is 69.7 Å². The quantitative estimate of drug-likeness (QED) is 0.142. The lowest BCUT2D eigenvalue weighted by Gasteiger charge is -2.32. The zero-order valence-electron chi connectivity index (χ0n) is 49.0. The number of nitrogens with zero attached hydrogens (tertiary/aromatic N) is 6. The number of hydrogen-bond acceptors (Lipinski definition) is 2. The van der Waals surface area contributed by atoms with Crippen LogP contribution in [0.25, 0.3) is 121 Å². The topological polar surface area (TPSA) is 46.8 Å². The molecule has 18 heteroatoms. The van der Waals surface area contributed by atoms with Gasteiger partial charge in [-0.2, -0.15) is 57.9 Å². The molecule has 0 aliphatic rings. The van der Waals surface area contributed by atoms with Gasteiger partial charge >= 0.3 is 24.7 Å². The first-order chi connectivity index (χ1) is 45.6. The Morgan fingerprint density at radius 2 is 0.600 bits per heavy atom. The van der Waals surface area contributed by atoms with Crippen LogP contribution in [0.3, 0.4) is 0 Å². The maximum atomic E-state index is 15.1. The molecule has 0 amide bonds. The van der Waals surface area contributed by atoms with Crippen molar-refractivity contribution in [2.24, 2.45) is 0 Å². The summed E-state index contributed by atoms with van der Waals surface area (Å²) in [5.41, 5.74) is 0.981. The van der Waals surface area contributed by atoms with Crippen LogP contribution in [-0.2, 0) is 24.7 Å². The lowest BCUT2D eigenvalue weighted by molar-refractivity contribution is -0.138. The van der Waals surface area contributed by atoms with E-state index in [0.29, 0.717) is 28.3 Å². The SMILES string of the molecule is N#Cc1cc(-n2c3ccc(C(F)(F)F)cc3c3cc(C(F)(F)F)ccc32)c(-c2ccccc2)c(-n2c3ccc(C(F)(F)F)cc3c3cc(C(F)(F)F)ccc32)c1N(c1ccc(-n2c3ccccc3c3ccccc32)cc1)c1ccc(-n2c3ccccc3c3ccccc32)cc1. The van der Waals surface area contributed by atoms with Crippen LogP contribution in [0, 0.1) is 11.3 Å². The van der Waals surface area contributed by atoms with Gasteiger partial charge < -0.3 is 23.2 Å². The monoisotopic (exact) mass is 1280 g/mol. The van der Waals surface area contributed by atoms with Gasteiger partial charge in [-0.15, -0.1) is 0 Å². The van der Waals surface area contributed by atoms with Gasteiger partial charge in [0.05, 0.1) is 89.0 Å². The normalized spacial score (nSPS) is 12.6. The van der Waals surface area contributed by atoms with Gasteiger partial charge in [-0.25, -0.2) is 0 Å². The number of halogens is 12. The van der Waals surface area contributed by atoms with Crippen LogP contribution in [0.5, 0.6) is 0 Å². The molecule has 0 atom stereocenters. The first-order valence-electron chi connectivity index (χ1n) is 29.7. The van der Waals surface area contributed by atoms with Crippen molar-refractivity contribution < 1.29 is 52.7 Å². The summed E-state index contributed by atoms with van der Waals surface area (Å²) in [6.07, 6.45) is -19.9. The van der Waals surface area contributed by atoms with E-state index in [9.17, 15) is 31.6 Å². The number of rotatable bonds is 8. The average molecular weight is 1280 g/mol. The second-order valence-electron chi connectivity index (χ2n) is 23.2. The molecule has 12 aromatic carbocycles. The molecule has 0 radical (unpaired) electrons. The molecule has 0 spiro atoms. The molecule has 0 unspecified atom stereocenters. The predicted octanol–water partition coefficient (Wildman–Crippen LogP) is 23.2. The largest absolute Gasteiger partial charge is 0.416 e. The Bertz CT molecular complexity index is 5450. The molecule has 4 aromatic heterocycles. The van der Waals surface area contributed by atoms with Gasteiger partial charge in [0, 0.05) is 71.4 Å². The smallest absolute Gasteiger partial charge is 0.309 e. The van der Waals surface area contributed by atoms with E-state index in [0.717, 1.165) is 116 Å². The summed E-state index contributed by atoms with van der Waals surface area (Å²) in [4.78, 5) is 1.76. The number of para-hydroxylation sites is 4. The van der Waals surface area contributed by atoms with Gasteiger partial charge in [0.1, 0.15) is 6.07 Å². The van der Waals surface area contributed by atoms with Crippen LogP contribution >= 0.6 is 0 Å². The fourth-order valence-corrected chi connectivity index (χ4v) is 13.8. The summed E-state index contributed by atoms with van der Waals surface area (Å²) in [6.45, 7) is 0. The van der Waals surface area contributed by atoms with Gasteiger partial charge in [-0.3, -0.25) is 0 Å². The third-order valence-electron chi connectivity index (χ3n) is 17.9. The summed E-state index contributed by atoms with van der Waals surface area (Å²) in [6, 6.07) is 69.2. The zero-order chi connectivity index (χ0) is 65.6. The zero-order valence-corrected chi connectivity index (χ0v) is 49.0. The molecular weight excluding hydrogens is 1240 g/mol. The third-order valence-corrected chi connectivity index (χ3v) is 17.9. The summed E-state index contributed by atoms with van der Waals surface area (Å²) in [5.74, 6) is 0.